The fourth-order valence-electron chi connectivity index (χ4n) is 2.29. The van der Waals surface area contributed by atoms with Crippen molar-refractivity contribution in [3.05, 3.63) is 12.4 Å². The number of sulfonamides is 1. The Hall–Kier alpha value is -1.21. The molecule has 1 aliphatic carbocycles. The number of aromatic nitrogens is 2. The lowest BCUT2D eigenvalue weighted by Crippen LogP contribution is -2.30. The number of nitrogens with zero attached hydrogens (tertiary/aromatic N) is 2. The molecule has 6 nitrogen and oxygen atoms in total. The molecule has 100 valence electrons. The lowest BCUT2D eigenvalue weighted by molar-refractivity contribution is 0.414. The maximum absolute atomic E-state index is 12.0. The Morgan fingerprint density at radius 3 is 2.61 bits per heavy atom. The van der Waals surface area contributed by atoms with Crippen molar-refractivity contribution in [3.63, 3.8) is 0 Å². The lowest BCUT2D eigenvalue weighted by atomic mass is 9.99. The number of nitrogens with one attached hydrogen (secondary N) is 1. The molecule has 2 unspecified atom stereocenters. The molecule has 1 aliphatic rings. The SMILES string of the molecule is CC1CCCC1CNS(=O)(=O)c1cnc(N)nc1. The minimum atomic E-state index is -3.52. The summed E-state index contributed by atoms with van der Waals surface area (Å²) in [7, 11) is -3.52. The van der Waals surface area contributed by atoms with E-state index in [-0.39, 0.29) is 10.8 Å². The molecule has 7 heteroatoms. The minimum absolute atomic E-state index is 0.0577. The molecule has 1 heterocycles. The summed E-state index contributed by atoms with van der Waals surface area (Å²) in [5.74, 6) is 1.07. The first-order valence-electron chi connectivity index (χ1n) is 6.06. The Kier molecular flexibility index (Phi) is 3.82. The molecule has 0 spiro atoms. The van der Waals surface area contributed by atoms with Crippen molar-refractivity contribution in [2.24, 2.45) is 11.8 Å². The zero-order chi connectivity index (χ0) is 13.2. The van der Waals surface area contributed by atoms with E-state index < -0.39 is 10.0 Å². The van der Waals surface area contributed by atoms with Gasteiger partial charge in [-0.1, -0.05) is 19.8 Å². The molecule has 2 atom stereocenters. The van der Waals surface area contributed by atoms with Crippen molar-refractivity contribution in [1.82, 2.24) is 14.7 Å². The highest BCUT2D eigenvalue weighted by atomic mass is 32.2. The molecule has 1 saturated carbocycles. The van der Waals surface area contributed by atoms with Crippen LogP contribution in [0, 0.1) is 11.8 Å². The third-order valence-electron chi connectivity index (χ3n) is 3.53. The molecule has 18 heavy (non-hydrogen) atoms. The first kappa shape index (κ1) is 13.2. The van der Waals surface area contributed by atoms with Crippen LogP contribution in [-0.4, -0.2) is 24.9 Å². The van der Waals surface area contributed by atoms with Crippen molar-refractivity contribution < 1.29 is 8.42 Å². The first-order valence-corrected chi connectivity index (χ1v) is 7.54. The van der Waals surface area contributed by atoms with Crippen molar-refractivity contribution in [2.75, 3.05) is 12.3 Å². The highest BCUT2D eigenvalue weighted by Crippen LogP contribution is 2.30. The summed E-state index contributed by atoms with van der Waals surface area (Å²) >= 11 is 0. The molecule has 3 N–H and O–H groups in total. The highest BCUT2D eigenvalue weighted by Gasteiger charge is 2.25. The number of hydrogen-bond donors (Lipinski definition) is 2. The maximum Gasteiger partial charge on any atom is 0.243 e. The summed E-state index contributed by atoms with van der Waals surface area (Å²) in [5.41, 5.74) is 5.32. The van der Waals surface area contributed by atoms with Crippen LogP contribution in [0.25, 0.3) is 0 Å². The summed E-state index contributed by atoms with van der Waals surface area (Å²) in [5, 5.41) is 0. The maximum atomic E-state index is 12.0. The normalized spacial score (nSPS) is 24.3. The van der Waals surface area contributed by atoms with Crippen LogP contribution in [0.1, 0.15) is 26.2 Å². The molecule has 1 fully saturated rings. The van der Waals surface area contributed by atoms with Gasteiger partial charge in [0.1, 0.15) is 4.90 Å². The predicted molar refractivity (Wildman–Crippen MR) is 68.1 cm³/mol. The molecule has 0 amide bonds. The van der Waals surface area contributed by atoms with E-state index in [1.54, 1.807) is 0 Å². The Labute approximate surface area is 107 Å². The monoisotopic (exact) mass is 270 g/mol. The molecule has 0 saturated heterocycles. The summed E-state index contributed by atoms with van der Waals surface area (Å²) in [6, 6.07) is 0. The van der Waals surface area contributed by atoms with Crippen LogP contribution in [0.3, 0.4) is 0 Å². The number of hydrogen-bond acceptors (Lipinski definition) is 5. The van der Waals surface area contributed by atoms with Gasteiger partial charge < -0.3 is 5.73 Å². The lowest BCUT2D eigenvalue weighted by Gasteiger charge is -2.15. The van der Waals surface area contributed by atoms with Gasteiger partial charge in [0.2, 0.25) is 16.0 Å². The average Bonchev–Trinajstić information content (AvgIpc) is 2.73. The van der Waals surface area contributed by atoms with Crippen molar-refractivity contribution >= 4 is 16.0 Å². The van der Waals surface area contributed by atoms with E-state index in [0.717, 1.165) is 6.42 Å². The van der Waals surface area contributed by atoms with Crippen molar-refractivity contribution in [3.8, 4) is 0 Å². The van der Waals surface area contributed by atoms with E-state index in [9.17, 15) is 8.42 Å². The van der Waals surface area contributed by atoms with Gasteiger partial charge in [-0.3, -0.25) is 0 Å². The molecule has 1 aromatic rings. The second-order valence-corrected chi connectivity index (χ2v) is 6.56. The van der Waals surface area contributed by atoms with Gasteiger partial charge in [0, 0.05) is 6.54 Å². The Bertz CT molecular complexity index is 500. The van der Waals surface area contributed by atoms with Crippen LogP contribution in [0.15, 0.2) is 17.3 Å². The van der Waals surface area contributed by atoms with Gasteiger partial charge >= 0.3 is 0 Å². The van der Waals surface area contributed by atoms with Crippen LogP contribution < -0.4 is 10.5 Å². The molecule has 2 rings (SSSR count). The van der Waals surface area contributed by atoms with Crippen LogP contribution in [0.4, 0.5) is 5.95 Å². The van der Waals surface area contributed by atoms with E-state index in [0.29, 0.717) is 18.4 Å². The van der Waals surface area contributed by atoms with Gasteiger partial charge in [-0.05, 0) is 18.3 Å². The highest BCUT2D eigenvalue weighted by molar-refractivity contribution is 7.89. The zero-order valence-electron chi connectivity index (χ0n) is 10.3. The van der Waals surface area contributed by atoms with Gasteiger partial charge in [-0.25, -0.2) is 23.1 Å². The third kappa shape index (κ3) is 2.97. The largest absolute Gasteiger partial charge is 0.368 e. The Morgan fingerprint density at radius 2 is 2.06 bits per heavy atom. The van der Waals surface area contributed by atoms with Gasteiger partial charge in [-0.2, -0.15) is 0 Å². The number of rotatable bonds is 4. The smallest absolute Gasteiger partial charge is 0.243 e. The van der Waals surface area contributed by atoms with Crippen molar-refractivity contribution in [1.29, 1.82) is 0 Å². The molecule has 0 radical (unpaired) electrons. The molecule has 0 aromatic carbocycles. The fraction of sp³-hybridized carbons (Fsp3) is 0.636. The molecule has 1 aromatic heterocycles. The molecular formula is C11H18N4O2S. The molecule has 0 bridgehead atoms. The topological polar surface area (TPSA) is 98.0 Å². The molecular weight excluding hydrogens is 252 g/mol. The van der Waals surface area contributed by atoms with Gasteiger partial charge in [0.25, 0.3) is 0 Å². The minimum Gasteiger partial charge on any atom is -0.368 e. The summed E-state index contributed by atoms with van der Waals surface area (Å²) in [6.07, 6.45) is 5.89. The quantitative estimate of drug-likeness (QED) is 0.842. The van der Waals surface area contributed by atoms with Crippen LogP contribution in [-0.2, 0) is 10.0 Å². The standard InChI is InChI=1S/C11H18N4O2S/c1-8-3-2-4-9(8)5-15-18(16,17)10-6-13-11(12)14-7-10/h6-9,15H,2-5H2,1H3,(H2,12,13,14). The van der Waals surface area contributed by atoms with Crippen LogP contribution in [0.5, 0.6) is 0 Å². The second kappa shape index (κ2) is 5.19. The van der Waals surface area contributed by atoms with E-state index in [1.807, 2.05) is 0 Å². The number of nitrogen functional groups attached to an aromatic ring is 1. The van der Waals surface area contributed by atoms with Gasteiger partial charge in [-0.15, -0.1) is 0 Å². The number of anilines is 1. The fourth-order valence-corrected chi connectivity index (χ4v) is 3.27. The third-order valence-corrected chi connectivity index (χ3v) is 4.91. The number of nitrogens with two attached hydrogens (primary N) is 1. The second-order valence-electron chi connectivity index (χ2n) is 4.80. The van der Waals surface area contributed by atoms with Crippen molar-refractivity contribution in [2.45, 2.75) is 31.1 Å². The summed E-state index contributed by atoms with van der Waals surface area (Å²) < 4.78 is 26.6. The van der Waals surface area contributed by atoms with Gasteiger partial charge in [0.05, 0.1) is 12.4 Å². The van der Waals surface area contributed by atoms with Gasteiger partial charge in [0.15, 0.2) is 0 Å². The van der Waals surface area contributed by atoms with E-state index >= 15 is 0 Å². The Balaban J connectivity index is 2.01. The van der Waals surface area contributed by atoms with Crippen LogP contribution >= 0.6 is 0 Å². The first-order chi connectivity index (χ1) is 8.49. The molecule has 0 aliphatic heterocycles. The predicted octanol–water partition coefficient (Wildman–Crippen LogP) is 0.773. The van der Waals surface area contributed by atoms with E-state index in [1.165, 1.54) is 25.2 Å². The van der Waals surface area contributed by atoms with Crippen LogP contribution in [0.2, 0.25) is 0 Å². The Morgan fingerprint density at radius 1 is 1.39 bits per heavy atom. The summed E-state index contributed by atoms with van der Waals surface area (Å²) in [4.78, 5) is 7.43. The summed E-state index contributed by atoms with van der Waals surface area (Å²) in [6.45, 7) is 2.65. The van der Waals surface area contributed by atoms with E-state index in [2.05, 4.69) is 21.6 Å². The zero-order valence-corrected chi connectivity index (χ0v) is 11.2. The van der Waals surface area contributed by atoms with E-state index in [4.69, 9.17) is 5.73 Å². The average molecular weight is 270 g/mol.